The lowest BCUT2D eigenvalue weighted by Crippen LogP contribution is -2.24. The molecule has 0 bridgehead atoms. The largest absolute Gasteiger partial charge is 0.339 e. The van der Waals surface area contributed by atoms with Crippen LogP contribution in [0.15, 0.2) is 36.9 Å². The van der Waals surface area contributed by atoms with Gasteiger partial charge in [-0.05, 0) is 36.6 Å². The molecule has 0 saturated carbocycles. The van der Waals surface area contributed by atoms with E-state index in [4.69, 9.17) is 0 Å². The van der Waals surface area contributed by atoms with Crippen molar-refractivity contribution < 1.29 is 4.79 Å². The Morgan fingerprint density at radius 2 is 2.06 bits per heavy atom. The number of rotatable bonds is 2. The van der Waals surface area contributed by atoms with Crippen molar-refractivity contribution in [1.82, 2.24) is 9.97 Å². The molecule has 4 nitrogen and oxygen atoms in total. The van der Waals surface area contributed by atoms with E-state index in [9.17, 15) is 4.79 Å². The monoisotopic (exact) mass is 239 g/mol. The molecular formula is C14H13N3O. The molecule has 3 rings (SSSR count). The molecule has 0 amide bonds. The van der Waals surface area contributed by atoms with Crippen LogP contribution in [0.5, 0.6) is 0 Å². The first-order valence-electron chi connectivity index (χ1n) is 5.99. The van der Waals surface area contributed by atoms with Crippen LogP contribution < -0.4 is 4.90 Å². The highest BCUT2D eigenvalue weighted by Crippen LogP contribution is 2.32. The average Bonchev–Trinajstić information content (AvgIpc) is 2.47. The van der Waals surface area contributed by atoms with Gasteiger partial charge >= 0.3 is 0 Å². The van der Waals surface area contributed by atoms with Gasteiger partial charge in [0.15, 0.2) is 0 Å². The fourth-order valence-corrected chi connectivity index (χ4v) is 2.39. The van der Waals surface area contributed by atoms with Crippen molar-refractivity contribution in [3.8, 4) is 0 Å². The van der Waals surface area contributed by atoms with Crippen LogP contribution in [0.2, 0.25) is 0 Å². The lowest BCUT2D eigenvalue weighted by molar-refractivity contribution is 0.112. The van der Waals surface area contributed by atoms with Gasteiger partial charge in [0.2, 0.25) is 0 Å². The number of benzene rings is 1. The van der Waals surface area contributed by atoms with Gasteiger partial charge < -0.3 is 4.90 Å². The molecule has 2 aromatic rings. The first-order chi connectivity index (χ1) is 8.88. The summed E-state index contributed by atoms with van der Waals surface area (Å²) in [6, 6.07) is 5.83. The van der Waals surface area contributed by atoms with Gasteiger partial charge in [0, 0.05) is 17.8 Å². The van der Waals surface area contributed by atoms with Crippen LogP contribution in [-0.2, 0) is 6.42 Å². The van der Waals surface area contributed by atoms with Gasteiger partial charge in [0.25, 0.3) is 0 Å². The molecule has 1 aromatic carbocycles. The maximum absolute atomic E-state index is 10.8. The molecular weight excluding hydrogens is 226 g/mol. The highest BCUT2D eigenvalue weighted by molar-refractivity contribution is 5.78. The first-order valence-corrected chi connectivity index (χ1v) is 5.99. The standard InChI is InChI=1S/C14H13N3O/c18-9-11-3-4-14-12(6-11)2-1-5-17(14)13-7-15-10-16-8-13/h3-4,6-10H,1-2,5H2. The molecule has 4 heteroatoms. The Kier molecular flexibility index (Phi) is 2.76. The molecule has 2 heterocycles. The molecule has 0 atom stereocenters. The van der Waals surface area contributed by atoms with E-state index in [-0.39, 0.29) is 0 Å². The number of aromatic nitrogens is 2. The second-order valence-electron chi connectivity index (χ2n) is 4.36. The minimum Gasteiger partial charge on any atom is -0.339 e. The number of aryl methyl sites for hydroxylation is 1. The van der Waals surface area contributed by atoms with Gasteiger partial charge in [-0.3, -0.25) is 4.79 Å². The van der Waals surface area contributed by atoms with Crippen molar-refractivity contribution in [2.75, 3.05) is 11.4 Å². The molecule has 0 fully saturated rings. The van der Waals surface area contributed by atoms with Crippen molar-refractivity contribution in [3.05, 3.63) is 48.0 Å². The van der Waals surface area contributed by atoms with Crippen LogP contribution in [0.1, 0.15) is 22.3 Å². The lowest BCUT2D eigenvalue weighted by Gasteiger charge is -2.30. The van der Waals surface area contributed by atoms with E-state index in [2.05, 4.69) is 14.9 Å². The second kappa shape index (κ2) is 4.56. The third-order valence-electron chi connectivity index (χ3n) is 3.22. The zero-order chi connectivity index (χ0) is 12.4. The van der Waals surface area contributed by atoms with E-state index >= 15 is 0 Å². The number of hydrogen-bond donors (Lipinski definition) is 0. The highest BCUT2D eigenvalue weighted by atomic mass is 16.1. The number of carbonyl (C=O) groups is 1. The van der Waals surface area contributed by atoms with E-state index in [1.165, 1.54) is 11.9 Å². The maximum Gasteiger partial charge on any atom is 0.150 e. The third kappa shape index (κ3) is 1.86. The van der Waals surface area contributed by atoms with E-state index in [1.54, 1.807) is 0 Å². The van der Waals surface area contributed by atoms with Crippen molar-refractivity contribution in [3.63, 3.8) is 0 Å². The number of aldehydes is 1. The molecule has 0 spiro atoms. The van der Waals surface area contributed by atoms with Crippen LogP contribution in [0.3, 0.4) is 0 Å². The lowest BCUT2D eigenvalue weighted by atomic mass is 9.99. The Morgan fingerprint density at radius 1 is 1.22 bits per heavy atom. The number of anilines is 2. The quantitative estimate of drug-likeness (QED) is 0.755. The molecule has 18 heavy (non-hydrogen) atoms. The van der Waals surface area contributed by atoms with Crippen molar-refractivity contribution >= 4 is 17.7 Å². The van der Waals surface area contributed by atoms with Crippen LogP contribution >= 0.6 is 0 Å². The van der Waals surface area contributed by atoms with Gasteiger partial charge in [0.05, 0.1) is 18.1 Å². The van der Waals surface area contributed by atoms with Gasteiger partial charge in [0.1, 0.15) is 12.6 Å². The minimum absolute atomic E-state index is 0.736. The van der Waals surface area contributed by atoms with E-state index < -0.39 is 0 Å². The Morgan fingerprint density at radius 3 is 2.83 bits per heavy atom. The molecule has 0 radical (unpaired) electrons. The summed E-state index contributed by atoms with van der Waals surface area (Å²) in [6.07, 6.45) is 8.14. The summed E-state index contributed by atoms with van der Waals surface area (Å²) in [7, 11) is 0. The first kappa shape index (κ1) is 10.9. The zero-order valence-electron chi connectivity index (χ0n) is 9.91. The minimum atomic E-state index is 0.736. The fraction of sp³-hybridized carbons (Fsp3) is 0.214. The normalized spacial score (nSPS) is 14.1. The van der Waals surface area contributed by atoms with Crippen molar-refractivity contribution in [2.45, 2.75) is 12.8 Å². The Bertz CT molecular complexity index is 569. The third-order valence-corrected chi connectivity index (χ3v) is 3.22. The van der Waals surface area contributed by atoms with Crippen LogP contribution in [-0.4, -0.2) is 22.8 Å². The molecule has 1 aliphatic rings. The Balaban J connectivity index is 2.05. The topological polar surface area (TPSA) is 46.1 Å². The Hall–Kier alpha value is -2.23. The van der Waals surface area contributed by atoms with Crippen LogP contribution in [0, 0.1) is 0 Å². The van der Waals surface area contributed by atoms with Gasteiger partial charge in [-0.2, -0.15) is 0 Å². The molecule has 0 N–H and O–H groups in total. The smallest absolute Gasteiger partial charge is 0.150 e. The van der Waals surface area contributed by atoms with Crippen molar-refractivity contribution in [2.24, 2.45) is 0 Å². The van der Waals surface area contributed by atoms with E-state index in [1.807, 2.05) is 30.6 Å². The predicted octanol–water partition coefficient (Wildman–Crippen LogP) is 2.37. The number of nitrogens with zero attached hydrogens (tertiary/aromatic N) is 3. The summed E-state index contributed by atoms with van der Waals surface area (Å²) in [5.74, 6) is 0. The zero-order valence-corrected chi connectivity index (χ0v) is 9.91. The molecule has 90 valence electrons. The van der Waals surface area contributed by atoms with E-state index in [0.29, 0.717) is 0 Å². The van der Waals surface area contributed by atoms with Crippen LogP contribution in [0.25, 0.3) is 0 Å². The van der Waals surface area contributed by atoms with E-state index in [0.717, 1.165) is 42.6 Å². The molecule has 0 unspecified atom stereocenters. The second-order valence-corrected chi connectivity index (χ2v) is 4.36. The summed E-state index contributed by atoms with van der Waals surface area (Å²) < 4.78 is 0. The average molecular weight is 239 g/mol. The van der Waals surface area contributed by atoms with Crippen molar-refractivity contribution in [1.29, 1.82) is 0 Å². The fourth-order valence-electron chi connectivity index (χ4n) is 2.39. The summed E-state index contributed by atoms with van der Waals surface area (Å²) in [5.41, 5.74) is 4.11. The number of carbonyl (C=O) groups excluding carboxylic acids is 1. The molecule has 0 aliphatic carbocycles. The predicted molar refractivity (Wildman–Crippen MR) is 69.2 cm³/mol. The van der Waals surface area contributed by atoms with Gasteiger partial charge in [-0.15, -0.1) is 0 Å². The van der Waals surface area contributed by atoms with Gasteiger partial charge in [-0.1, -0.05) is 0 Å². The summed E-state index contributed by atoms with van der Waals surface area (Å²) >= 11 is 0. The summed E-state index contributed by atoms with van der Waals surface area (Å²) in [6.45, 7) is 0.959. The summed E-state index contributed by atoms with van der Waals surface area (Å²) in [4.78, 5) is 21.1. The SMILES string of the molecule is O=Cc1ccc2c(c1)CCCN2c1cncnc1. The summed E-state index contributed by atoms with van der Waals surface area (Å²) in [5, 5.41) is 0. The number of fused-ring (bicyclic) bond motifs is 1. The Labute approximate surface area is 105 Å². The molecule has 1 aliphatic heterocycles. The molecule has 0 saturated heterocycles. The van der Waals surface area contributed by atoms with Gasteiger partial charge in [-0.25, -0.2) is 9.97 Å². The molecule has 1 aromatic heterocycles. The highest BCUT2D eigenvalue weighted by Gasteiger charge is 2.18. The van der Waals surface area contributed by atoms with Crippen LogP contribution in [0.4, 0.5) is 11.4 Å². The maximum atomic E-state index is 10.8. The number of hydrogen-bond acceptors (Lipinski definition) is 4.